The Morgan fingerprint density at radius 3 is 2.22 bits per heavy atom. The van der Waals surface area contributed by atoms with Crippen molar-refractivity contribution in [2.45, 2.75) is 52.7 Å². The van der Waals surface area contributed by atoms with Crippen LogP contribution in [0.25, 0.3) is 0 Å². The van der Waals surface area contributed by atoms with E-state index in [2.05, 4.69) is 0 Å². The van der Waals surface area contributed by atoms with Gasteiger partial charge in [-0.15, -0.1) is 0 Å². The molecule has 0 aliphatic heterocycles. The van der Waals surface area contributed by atoms with Crippen LogP contribution < -0.4 is 0 Å². The predicted molar refractivity (Wildman–Crippen MR) is 103 cm³/mol. The largest absolute Gasteiger partial charge is 0.453 e. The molecule has 6 heteroatoms. The lowest BCUT2D eigenvalue weighted by molar-refractivity contribution is -0.159. The predicted octanol–water partition coefficient (Wildman–Crippen LogP) is 2.56. The van der Waals surface area contributed by atoms with Crippen LogP contribution in [0.5, 0.6) is 0 Å². The van der Waals surface area contributed by atoms with Gasteiger partial charge in [0.05, 0.1) is 0 Å². The van der Waals surface area contributed by atoms with E-state index in [0.29, 0.717) is 12.8 Å². The van der Waals surface area contributed by atoms with Gasteiger partial charge in [-0.25, -0.2) is 0 Å². The SMILES string of the molecule is CCC(C)C(=O)C(Cc1ccc(C)cc1)OC(=O)CN(C)C(=O)C(C)OC. The summed E-state index contributed by atoms with van der Waals surface area (Å²) in [5, 5.41) is 0. The summed E-state index contributed by atoms with van der Waals surface area (Å²) >= 11 is 0. The molecule has 0 aromatic heterocycles. The van der Waals surface area contributed by atoms with E-state index in [1.165, 1.54) is 19.1 Å². The monoisotopic (exact) mass is 377 g/mol. The van der Waals surface area contributed by atoms with Crippen LogP contribution in [0.15, 0.2) is 24.3 Å². The average Bonchev–Trinajstić information content (AvgIpc) is 2.66. The van der Waals surface area contributed by atoms with Crippen molar-refractivity contribution in [2.75, 3.05) is 20.7 Å². The fourth-order valence-corrected chi connectivity index (χ4v) is 2.54. The standard InChI is InChI=1S/C21H31NO5/c1-7-15(3)20(24)18(12-17-10-8-14(2)9-11-17)27-19(23)13-22(5)21(25)16(4)26-6/h8-11,15-16,18H,7,12-13H2,1-6H3. The quantitative estimate of drug-likeness (QED) is 0.586. The summed E-state index contributed by atoms with van der Waals surface area (Å²) in [6.45, 7) is 7.11. The van der Waals surface area contributed by atoms with E-state index in [9.17, 15) is 14.4 Å². The molecule has 0 bridgehead atoms. The maximum absolute atomic E-state index is 12.7. The number of methoxy groups -OCH3 is 1. The van der Waals surface area contributed by atoms with Crippen molar-refractivity contribution in [3.8, 4) is 0 Å². The van der Waals surface area contributed by atoms with Gasteiger partial charge < -0.3 is 14.4 Å². The van der Waals surface area contributed by atoms with E-state index in [1.807, 2.05) is 45.0 Å². The van der Waals surface area contributed by atoms with Crippen LogP contribution in [0.1, 0.15) is 38.3 Å². The van der Waals surface area contributed by atoms with Crippen LogP contribution in [0, 0.1) is 12.8 Å². The molecule has 0 saturated carbocycles. The number of hydrogen-bond acceptors (Lipinski definition) is 5. The third-order valence-electron chi connectivity index (χ3n) is 4.67. The third-order valence-corrected chi connectivity index (χ3v) is 4.67. The molecule has 1 rings (SSSR count). The minimum Gasteiger partial charge on any atom is -0.453 e. The molecule has 0 saturated heterocycles. The summed E-state index contributed by atoms with van der Waals surface area (Å²) in [7, 11) is 2.93. The van der Waals surface area contributed by atoms with Gasteiger partial charge in [-0.2, -0.15) is 0 Å². The summed E-state index contributed by atoms with van der Waals surface area (Å²) < 4.78 is 10.5. The molecule has 0 radical (unpaired) electrons. The lowest BCUT2D eigenvalue weighted by Crippen LogP contribution is -2.41. The number of Topliss-reactive ketones (excluding diaryl/α,β-unsaturated/α-hetero) is 1. The van der Waals surface area contributed by atoms with Crippen LogP contribution in [0.4, 0.5) is 0 Å². The highest BCUT2D eigenvalue weighted by Crippen LogP contribution is 2.15. The molecule has 0 spiro atoms. The van der Waals surface area contributed by atoms with Crippen molar-refractivity contribution in [3.63, 3.8) is 0 Å². The maximum atomic E-state index is 12.7. The Balaban J connectivity index is 2.83. The number of aryl methyl sites for hydroxylation is 1. The van der Waals surface area contributed by atoms with E-state index in [-0.39, 0.29) is 24.2 Å². The van der Waals surface area contributed by atoms with E-state index in [4.69, 9.17) is 9.47 Å². The zero-order valence-corrected chi connectivity index (χ0v) is 17.2. The average molecular weight is 377 g/mol. The second kappa shape index (κ2) is 10.8. The Bertz CT molecular complexity index is 640. The van der Waals surface area contributed by atoms with Crippen LogP contribution >= 0.6 is 0 Å². The number of rotatable bonds is 10. The van der Waals surface area contributed by atoms with Crippen molar-refractivity contribution < 1.29 is 23.9 Å². The minimum absolute atomic E-state index is 0.106. The molecule has 1 aromatic rings. The van der Waals surface area contributed by atoms with Gasteiger partial charge in [-0.05, 0) is 25.8 Å². The Labute approximate surface area is 161 Å². The maximum Gasteiger partial charge on any atom is 0.326 e. The molecule has 0 fully saturated rings. The van der Waals surface area contributed by atoms with Gasteiger partial charge >= 0.3 is 5.97 Å². The first-order valence-corrected chi connectivity index (χ1v) is 9.26. The number of ether oxygens (including phenoxy) is 2. The molecule has 1 aromatic carbocycles. The van der Waals surface area contributed by atoms with Gasteiger partial charge in [-0.1, -0.05) is 43.7 Å². The van der Waals surface area contributed by atoms with Gasteiger partial charge in [0.1, 0.15) is 12.6 Å². The van der Waals surface area contributed by atoms with Crippen molar-refractivity contribution in [1.29, 1.82) is 0 Å². The molecular weight excluding hydrogens is 346 g/mol. The van der Waals surface area contributed by atoms with Crippen LogP contribution in [0.2, 0.25) is 0 Å². The first-order chi connectivity index (χ1) is 12.7. The van der Waals surface area contributed by atoms with Gasteiger partial charge in [-0.3, -0.25) is 14.4 Å². The molecule has 6 nitrogen and oxygen atoms in total. The zero-order chi connectivity index (χ0) is 20.6. The molecule has 3 atom stereocenters. The second-order valence-corrected chi connectivity index (χ2v) is 6.95. The summed E-state index contributed by atoms with van der Waals surface area (Å²) in [5.74, 6) is -1.24. The number of nitrogens with zero attached hydrogens (tertiary/aromatic N) is 1. The lowest BCUT2D eigenvalue weighted by Gasteiger charge is -2.23. The molecule has 150 valence electrons. The number of benzene rings is 1. The molecule has 0 aliphatic carbocycles. The first-order valence-electron chi connectivity index (χ1n) is 9.26. The molecule has 0 heterocycles. The van der Waals surface area contributed by atoms with Crippen LogP contribution in [0.3, 0.4) is 0 Å². The van der Waals surface area contributed by atoms with Gasteiger partial charge in [0.25, 0.3) is 5.91 Å². The summed E-state index contributed by atoms with van der Waals surface area (Å²) in [6.07, 6.45) is -0.516. The lowest BCUT2D eigenvalue weighted by atomic mass is 9.94. The van der Waals surface area contributed by atoms with Crippen molar-refractivity contribution in [1.82, 2.24) is 4.90 Å². The van der Waals surface area contributed by atoms with E-state index in [0.717, 1.165) is 11.1 Å². The number of esters is 1. The van der Waals surface area contributed by atoms with Crippen molar-refractivity contribution in [2.24, 2.45) is 5.92 Å². The fourth-order valence-electron chi connectivity index (χ4n) is 2.54. The highest BCUT2D eigenvalue weighted by Gasteiger charge is 2.28. The summed E-state index contributed by atoms with van der Waals surface area (Å²) in [4.78, 5) is 38.3. The molecule has 1 amide bonds. The summed E-state index contributed by atoms with van der Waals surface area (Å²) in [5.41, 5.74) is 2.04. The van der Waals surface area contributed by atoms with Crippen molar-refractivity contribution in [3.05, 3.63) is 35.4 Å². The molecule has 3 unspecified atom stereocenters. The van der Waals surface area contributed by atoms with Gasteiger partial charge in [0.15, 0.2) is 11.9 Å². The Morgan fingerprint density at radius 1 is 1.11 bits per heavy atom. The molecular formula is C21H31NO5. The van der Waals surface area contributed by atoms with E-state index in [1.54, 1.807) is 6.92 Å². The third kappa shape index (κ3) is 7.13. The Hall–Kier alpha value is -2.21. The van der Waals surface area contributed by atoms with Crippen LogP contribution in [-0.2, 0) is 30.3 Å². The minimum atomic E-state index is -0.862. The van der Waals surface area contributed by atoms with E-state index < -0.39 is 18.2 Å². The highest BCUT2D eigenvalue weighted by molar-refractivity contribution is 5.89. The molecule has 27 heavy (non-hydrogen) atoms. The number of ketones is 1. The Morgan fingerprint density at radius 2 is 1.70 bits per heavy atom. The number of carbonyl (C=O) groups is 3. The highest BCUT2D eigenvalue weighted by atomic mass is 16.5. The zero-order valence-electron chi connectivity index (χ0n) is 17.2. The van der Waals surface area contributed by atoms with Gasteiger partial charge in [0.2, 0.25) is 0 Å². The van der Waals surface area contributed by atoms with Gasteiger partial charge in [0, 0.05) is 26.5 Å². The molecule has 0 aliphatic rings. The number of likely N-dealkylation sites (N-methyl/N-ethyl adjacent to an activating group) is 1. The summed E-state index contributed by atoms with van der Waals surface area (Å²) in [6, 6.07) is 7.77. The smallest absolute Gasteiger partial charge is 0.326 e. The number of hydrogen-bond donors (Lipinski definition) is 0. The van der Waals surface area contributed by atoms with E-state index >= 15 is 0 Å². The second-order valence-electron chi connectivity index (χ2n) is 6.95. The molecule has 0 N–H and O–H groups in total. The first kappa shape index (κ1) is 22.8. The number of carbonyl (C=O) groups excluding carboxylic acids is 3. The van der Waals surface area contributed by atoms with Crippen LogP contribution in [-0.4, -0.2) is 55.5 Å². The normalized spacial score (nSPS) is 14.1. The fraction of sp³-hybridized carbons (Fsp3) is 0.571. The van der Waals surface area contributed by atoms with Crippen molar-refractivity contribution >= 4 is 17.7 Å². The Kier molecular flexibility index (Phi) is 9.15. The number of amides is 1. The topological polar surface area (TPSA) is 72.9 Å².